The lowest BCUT2D eigenvalue weighted by Gasteiger charge is -2.42. The number of benzene rings is 1. The summed E-state index contributed by atoms with van der Waals surface area (Å²) in [4.78, 5) is 18.3. The Morgan fingerprint density at radius 1 is 1.07 bits per heavy atom. The van der Waals surface area contributed by atoms with E-state index in [4.69, 9.17) is 4.74 Å². The lowest BCUT2D eigenvalue weighted by molar-refractivity contribution is -0.0840. The van der Waals surface area contributed by atoms with Crippen LogP contribution < -0.4 is 5.32 Å². The van der Waals surface area contributed by atoms with Gasteiger partial charge in [0.05, 0.1) is 6.61 Å². The Labute approximate surface area is 164 Å². The van der Waals surface area contributed by atoms with Crippen LogP contribution in [0.2, 0.25) is 0 Å². The number of carbonyl (C=O) groups is 1. The molecule has 0 atom stereocenters. The molecule has 2 fully saturated rings. The maximum atomic E-state index is 13.1. The maximum Gasteiger partial charge on any atom is 0.321 e. The van der Waals surface area contributed by atoms with Gasteiger partial charge in [-0.15, -0.1) is 0 Å². The highest BCUT2D eigenvalue weighted by molar-refractivity contribution is 7.89. The zero-order valence-corrected chi connectivity index (χ0v) is 16.1. The predicted octanol–water partition coefficient (Wildman–Crippen LogP) is 2.13. The number of pyridine rings is 1. The first-order valence-electron chi connectivity index (χ1n) is 9.19. The lowest BCUT2D eigenvalue weighted by atomic mass is 10.0. The molecular formula is C19H22N4O4S. The number of carbonyl (C=O) groups excluding carboxylic acids is 1. The van der Waals surface area contributed by atoms with Gasteiger partial charge in [-0.1, -0.05) is 18.2 Å². The van der Waals surface area contributed by atoms with Gasteiger partial charge in [0.15, 0.2) is 0 Å². The van der Waals surface area contributed by atoms with Gasteiger partial charge < -0.3 is 15.0 Å². The van der Waals surface area contributed by atoms with E-state index in [2.05, 4.69) is 10.3 Å². The van der Waals surface area contributed by atoms with Crippen molar-refractivity contribution in [2.24, 2.45) is 0 Å². The van der Waals surface area contributed by atoms with Crippen LogP contribution in [0.15, 0.2) is 59.8 Å². The number of urea groups is 1. The second kappa shape index (κ2) is 7.50. The molecule has 1 N–H and O–H groups in total. The van der Waals surface area contributed by atoms with E-state index in [0.29, 0.717) is 39.1 Å². The zero-order chi connectivity index (χ0) is 19.6. The number of aromatic nitrogens is 1. The highest BCUT2D eigenvalue weighted by atomic mass is 32.2. The Balaban J connectivity index is 1.46. The molecular weight excluding hydrogens is 380 g/mol. The number of nitrogens with zero attached hydrogens (tertiary/aromatic N) is 3. The molecule has 28 heavy (non-hydrogen) atoms. The van der Waals surface area contributed by atoms with Crippen LogP contribution in [-0.2, 0) is 14.8 Å². The molecule has 2 aromatic rings. The first kappa shape index (κ1) is 18.9. The number of hydrogen-bond acceptors (Lipinski definition) is 5. The van der Waals surface area contributed by atoms with Crippen molar-refractivity contribution < 1.29 is 17.9 Å². The van der Waals surface area contributed by atoms with Crippen LogP contribution >= 0.6 is 0 Å². The number of hydrogen-bond donors (Lipinski definition) is 1. The largest absolute Gasteiger partial charge is 0.358 e. The van der Waals surface area contributed by atoms with Gasteiger partial charge in [0.1, 0.15) is 10.6 Å². The molecule has 1 aromatic carbocycles. The van der Waals surface area contributed by atoms with Gasteiger partial charge in [-0.05, 0) is 24.3 Å². The summed E-state index contributed by atoms with van der Waals surface area (Å²) in [5, 5.41) is 2.86. The minimum absolute atomic E-state index is 0.157. The van der Waals surface area contributed by atoms with E-state index < -0.39 is 15.7 Å². The molecule has 148 valence electrons. The molecule has 0 saturated carbocycles. The van der Waals surface area contributed by atoms with Gasteiger partial charge in [-0.3, -0.25) is 4.98 Å². The topological polar surface area (TPSA) is 91.8 Å². The smallest absolute Gasteiger partial charge is 0.321 e. The third-order valence-corrected chi connectivity index (χ3v) is 7.13. The second-order valence-electron chi connectivity index (χ2n) is 6.84. The van der Waals surface area contributed by atoms with Crippen LogP contribution in [0.1, 0.15) is 12.8 Å². The molecule has 1 aromatic heterocycles. The van der Waals surface area contributed by atoms with Crippen molar-refractivity contribution >= 4 is 21.7 Å². The van der Waals surface area contributed by atoms with Crippen LogP contribution in [0.3, 0.4) is 0 Å². The monoisotopic (exact) mass is 402 g/mol. The van der Waals surface area contributed by atoms with Gasteiger partial charge in [-0.25, -0.2) is 13.2 Å². The molecule has 0 radical (unpaired) electrons. The number of nitrogens with one attached hydrogen (secondary N) is 1. The molecule has 2 amide bonds. The number of rotatable bonds is 3. The minimum Gasteiger partial charge on any atom is -0.358 e. The highest BCUT2D eigenvalue weighted by Crippen LogP contribution is 2.38. The quantitative estimate of drug-likeness (QED) is 0.849. The van der Waals surface area contributed by atoms with Crippen LogP contribution in [0.4, 0.5) is 10.5 Å². The molecule has 1 spiro atoms. The fourth-order valence-corrected chi connectivity index (χ4v) is 5.42. The van der Waals surface area contributed by atoms with Crippen LogP contribution in [-0.4, -0.2) is 60.6 Å². The zero-order valence-electron chi connectivity index (χ0n) is 15.3. The van der Waals surface area contributed by atoms with Gasteiger partial charge in [0, 0.05) is 50.6 Å². The number of sulfonamides is 1. The number of ether oxygens (including phenoxy) is 1. The average Bonchev–Trinajstić information content (AvgIpc) is 3.14. The maximum absolute atomic E-state index is 13.1. The fourth-order valence-electron chi connectivity index (χ4n) is 3.74. The van der Waals surface area contributed by atoms with Crippen LogP contribution in [0.5, 0.6) is 0 Å². The Morgan fingerprint density at radius 3 is 2.50 bits per heavy atom. The van der Waals surface area contributed by atoms with Crippen LogP contribution in [0, 0.1) is 0 Å². The third kappa shape index (κ3) is 3.48. The molecule has 2 aliphatic heterocycles. The Kier molecular flexibility index (Phi) is 5.05. The first-order chi connectivity index (χ1) is 13.5. The van der Waals surface area contributed by atoms with E-state index in [0.717, 1.165) is 5.69 Å². The van der Waals surface area contributed by atoms with Crippen molar-refractivity contribution in [3.8, 4) is 0 Å². The average molecular weight is 402 g/mol. The predicted molar refractivity (Wildman–Crippen MR) is 103 cm³/mol. The number of likely N-dealkylation sites (tertiary alicyclic amines) is 1. The Bertz CT molecular complexity index is 929. The van der Waals surface area contributed by atoms with Crippen molar-refractivity contribution in [2.75, 3.05) is 31.6 Å². The molecule has 2 saturated heterocycles. The van der Waals surface area contributed by atoms with E-state index in [9.17, 15) is 13.2 Å². The lowest BCUT2D eigenvalue weighted by Crippen LogP contribution is -2.56. The number of piperidine rings is 1. The van der Waals surface area contributed by atoms with Gasteiger partial charge in [0.2, 0.25) is 10.0 Å². The van der Waals surface area contributed by atoms with E-state index in [1.165, 1.54) is 16.6 Å². The second-order valence-corrected chi connectivity index (χ2v) is 8.71. The number of anilines is 1. The van der Waals surface area contributed by atoms with E-state index in [1.54, 1.807) is 17.2 Å². The molecule has 9 heteroatoms. The SMILES string of the molecule is O=C(Nc1ccccc1)N1CCC2(CC1)OCCN2S(=O)(=O)c1cccnc1. The normalized spacial score (nSPS) is 19.6. The number of amides is 2. The molecule has 3 heterocycles. The summed E-state index contributed by atoms with van der Waals surface area (Å²) in [5.74, 6) is 0. The molecule has 2 aliphatic rings. The molecule has 8 nitrogen and oxygen atoms in total. The van der Waals surface area contributed by atoms with Crippen molar-refractivity contribution in [1.82, 2.24) is 14.2 Å². The standard InChI is InChI=1S/C19H22N4O4S/c24-18(21-16-5-2-1-3-6-16)22-11-8-19(9-12-22)23(13-14-27-19)28(25,26)17-7-4-10-20-15-17/h1-7,10,15H,8-9,11-14H2,(H,21,24). The Morgan fingerprint density at radius 2 is 1.82 bits per heavy atom. The van der Waals surface area contributed by atoms with E-state index in [-0.39, 0.29) is 10.9 Å². The summed E-state index contributed by atoms with van der Waals surface area (Å²) in [6, 6.07) is 12.2. The summed E-state index contributed by atoms with van der Waals surface area (Å²) >= 11 is 0. The van der Waals surface area contributed by atoms with E-state index in [1.807, 2.05) is 30.3 Å². The van der Waals surface area contributed by atoms with E-state index >= 15 is 0 Å². The summed E-state index contributed by atoms with van der Waals surface area (Å²) in [7, 11) is -3.71. The van der Waals surface area contributed by atoms with Crippen molar-refractivity contribution in [3.05, 3.63) is 54.9 Å². The van der Waals surface area contributed by atoms with Gasteiger partial charge in [-0.2, -0.15) is 4.31 Å². The van der Waals surface area contributed by atoms with Crippen molar-refractivity contribution in [1.29, 1.82) is 0 Å². The van der Waals surface area contributed by atoms with Crippen molar-refractivity contribution in [2.45, 2.75) is 23.5 Å². The first-order valence-corrected chi connectivity index (χ1v) is 10.6. The van der Waals surface area contributed by atoms with Gasteiger partial charge in [0.25, 0.3) is 0 Å². The van der Waals surface area contributed by atoms with Gasteiger partial charge >= 0.3 is 6.03 Å². The summed E-state index contributed by atoms with van der Waals surface area (Å²) in [5.41, 5.74) is -0.177. The Hall–Kier alpha value is -2.49. The third-order valence-electron chi connectivity index (χ3n) is 5.20. The molecule has 0 aliphatic carbocycles. The minimum atomic E-state index is -3.71. The highest BCUT2D eigenvalue weighted by Gasteiger charge is 2.51. The molecule has 0 unspecified atom stereocenters. The van der Waals surface area contributed by atoms with Crippen LogP contribution in [0.25, 0.3) is 0 Å². The molecule has 0 bridgehead atoms. The number of para-hydroxylation sites is 1. The summed E-state index contributed by atoms with van der Waals surface area (Å²) in [6.07, 6.45) is 3.74. The van der Waals surface area contributed by atoms with Crippen molar-refractivity contribution in [3.63, 3.8) is 0 Å². The summed E-state index contributed by atoms with van der Waals surface area (Å²) < 4.78 is 33.5. The summed E-state index contributed by atoms with van der Waals surface area (Å²) in [6.45, 7) is 1.47. The fraction of sp³-hybridized carbons (Fsp3) is 0.368. The molecule has 4 rings (SSSR count).